The van der Waals surface area contributed by atoms with Crippen molar-refractivity contribution in [2.24, 2.45) is 12.5 Å². The van der Waals surface area contributed by atoms with E-state index in [1.54, 1.807) is 0 Å². The van der Waals surface area contributed by atoms with Crippen LogP contribution in [-0.2, 0) is 29.5 Å². The third-order valence-electron chi connectivity index (χ3n) is 6.25. The van der Waals surface area contributed by atoms with E-state index in [1.807, 2.05) is 55.1 Å². The van der Waals surface area contributed by atoms with Crippen LogP contribution in [-0.4, -0.2) is 40.3 Å². The Balaban J connectivity index is 1.48. The highest BCUT2D eigenvalue weighted by atomic mass is 16.5. The van der Waals surface area contributed by atoms with E-state index in [0.717, 1.165) is 50.2 Å². The number of aryl methyl sites for hydroxylation is 1. The number of piperidine rings is 1. The first-order valence-corrected chi connectivity index (χ1v) is 11.1. The molecule has 3 aromatic rings. The van der Waals surface area contributed by atoms with E-state index in [1.165, 1.54) is 11.1 Å². The molecule has 1 fully saturated rings. The van der Waals surface area contributed by atoms with Gasteiger partial charge in [0, 0.05) is 30.9 Å². The third-order valence-corrected chi connectivity index (χ3v) is 6.25. The number of likely N-dealkylation sites (tertiary alicyclic amines) is 1. The van der Waals surface area contributed by atoms with E-state index in [9.17, 15) is 4.79 Å². The highest BCUT2D eigenvalue weighted by Crippen LogP contribution is 2.37. The van der Waals surface area contributed by atoms with E-state index in [2.05, 4.69) is 35.4 Å². The van der Waals surface area contributed by atoms with Crippen molar-refractivity contribution in [1.29, 1.82) is 0 Å². The normalized spacial score (nSPS) is 16.2. The molecule has 1 aromatic heterocycles. The Morgan fingerprint density at radius 3 is 2.32 bits per heavy atom. The molecule has 0 amide bonds. The number of ether oxygens (including phenoxy) is 1. The summed E-state index contributed by atoms with van der Waals surface area (Å²) in [6.45, 7) is 4.89. The first kappa shape index (κ1) is 21.3. The van der Waals surface area contributed by atoms with Crippen molar-refractivity contribution in [3.63, 3.8) is 0 Å². The number of nitrogens with zero attached hydrogens (tertiary/aromatic N) is 3. The van der Waals surface area contributed by atoms with Gasteiger partial charge in [0.05, 0.1) is 17.7 Å². The summed E-state index contributed by atoms with van der Waals surface area (Å²) in [5.74, 6) is -0.0511. The predicted molar refractivity (Wildman–Crippen MR) is 122 cm³/mol. The minimum atomic E-state index is -0.439. The Bertz CT molecular complexity index is 990. The molecule has 0 bridgehead atoms. The summed E-state index contributed by atoms with van der Waals surface area (Å²) in [4.78, 5) is 15.4. The van der Waals surface area contributed by atoms with Crippen LogP contribution in [0.4, 0.5) is 0 Å². The van der Waals surface area contributed by atoms with Crippen LogP contribution < -0.4 is 0 Å². The molecule has 0 radical (unpaired) electrons. The lowest BCUT2D eigenvalue weighted by atomic mass is 9.73. The summed E-state index contributed by atoms with van der Waals surface area (Å²) in [5.41, 5.74) is 4.16. The van der Waals surface area contributed by atoms with Crippen molar-refractivity contribution in [2.45, 2.75) is 32.7 Å². The quantitative estimate of drug-likeness (QED) is 0.532. The van der Waals surface area contributed by atoms with Gasteiger partial charge in [-0.25, -0.2) is 0 Å². The second-order valence-electron chi connectivity index (χ2n) is 8.48. The first-order valence-electron chi connectivity index (χ1n) is 11.1. The molecule has 31 heavy (non-hydrogen) atoms. The lowest BCUT2D eigenvalue weighted by Gasteiger charge is -2.40. The van der Waals surface area contributed by atoms with Gasteiger partial charge in [-0.05, 0) is 44.8 Å². The fourth-order valence-electron chi connectivity index (χ4n) is 4.60. The number of carbonyl (C=O) groups excluding carboxylic acids is 1. The summed E-state index contributed by atoms with van der Waals surface area (Å²) >= 11 is 0. The van der Waals surface area contributed by atoms with Crippen molar-refractivity contribution in [3.05, 3.63) is 78.0 Å². The van der Waals surface area contributed by atoms with Gasteiger partial charge < -0.3 is 4.74 Å². The molecular weight excluding hydrogens is 386 g/mol. The second kappa shape index (κ2) is 9.48. The summed E-state index contributed by atoms with van der Waals surface area (Å²) in [5, 5.41) is 4.70. The van der Waals surface area contributed by atoms with Crippen LogP contribution in [0, 0.1) is 5.41 Å². The van der Waals surface area contributed by atoms with E-state index in [4.69, 9.17) is 9.84 Å². The van der Waals surface area contributed by atoms with Gasteiger partial charge in [-0.15, -0.1) is 0 Å². The summed E-state index contributed by atoms with van der Waals surface area (Å²) in [6, 6.07) is 20.6. The van der Waals surface area contributed by atoms with Gasteiger partial charge in [0.2, 0.25) is 0 Å². The van der Waals surface area contributed by atoms with Gasteiger partial charge in [0.1, 0.15) is 0 Å². The maximum absolute atomic E-state index is 13.0. The van der Waals surface area contributed by atoms with Crippen LogP contribution in [0.5, 0.6) is 0 Å². The summed E-state index contributed by atoms with van der Waals surface area (Å²) < 4.78 is 7.41. The Hall–Kier alpha value is -2.92. The van der Waals surface area contributed by atoms with E-state index >= 15 is 0 Å². The predicted octanol–water partition coefficient (Wildman–Crippen LogP) is 4.48. The minimum absolute atomic E-state index is 0.0511. The van der Waals surface area contributed by atoms with Crippen LogP contribution >= 0.6 is 0 Å². The smallest absolute Gasteiger partial charge is 0.312 e. The molecule has 5 nitrogen and oxygen atoms in total. The molecule has 0 unspecified atom stereocenters. The van der Waals surface area contributed by atoms with Crippen molar-refractivity contribution in [1.82, 2.24) is 14.7 Å². The molecule has 0 aliphatic carbocycles. The monoisotopic (exact) mass is 417 g/mol. The van der Waals surface area contributed by atoms with Gasteiger partial charge in [0.25, 0.3) is 0 Å². The number of aromatic nitrogens is 2. The zero-order valence-corrected chi connectivity index (χ0v) is 18.5. The van der Waals surface area contributed by atoms with Gasteiger partial charge in [-0.3, -0.25) is 14.4 Å². The zero-order valence-electron chi connectivity index (χ0n) is 18.5. The van der Waals surface area contributed by atoms with Crippen molar-refractivity contribution < 1.29 is 9.53 Å². The molecule has 162 valence electrons. The Labute approximate surface area is 184 Å². The number of benzene rings is 2. The molecule has 2 aromatic carbocycles. The Morgan fingerprint density at radius 1 is 1.03 bits per heavy atom. The lowest BCUT2D eigenvalue weighted by molar-refractivity contribution is -0.158. The molecule has 0 spiro atoms. The number of carbonyl (C=O) groups is 1. The average Bonchev–Trinajstić information content (AvgIpc) is 3.16. The second-order valence-corrected chi connectivity index (χ2v) is 8.48. The molecule has 4 rings (SSSR count). The highest BCUT2D eigenvalue weighted by Gasteiger charge is 2.42. The van der Waals surface area contributed by atoms with Gasteiger partial charge in [-0.2, -0.15) is 5.10 Å². The molecule has 0 saturated carbocycles. The Kier molecular flexibility index (Phi) is 6.52. The average molecular weight is 418 g/mol. The van der Waals surface area contributed by atoms with Crippen molar-refractivity contribution >= 4 is 5.97 Å². The number of hydrogen-bond donors (Lipinski definition) is 0. The van der Waals surface area contributed by atoms with E-state index < -0.39 is 5.41 Å². The van der Waals surface area contributed by atoms with E-state index in [0.29, 0.717) is 6.61 Å². The van der Waals surface area contributed by atoms with Crippen LogP contribution in [0.25, 0.3) is 11.3 Å². The zero-order chi connectivity index (χ0) is 21.7. The number of hydrogen-bond acceptors (Lipinski definition) is 4. The minimum Gasteiger partial charge on any atom is -0.466 e. The van der Waals surface area contributed by atoms with E-state index in [-0.39, 0.29) is 5.97 Å². The summed E-state index contributed by atoms with van der Waals surface area (Å²) in [7, 11) is 1.97. The lowest BCUT2D eigenvalue weighted by Crippen LogP contribution is -2.46. The van der Waals surface area contributed by atoms with Gasteiger partial charge in [0.15, 0.2) is 0 Å². The SMILES string of the molecule is CCOC(=O)C1(Cc2ccccc2)CCN(Cc2cn(C)nc2-c2ccccc2)CC1. The van der Waals surface area contributed by atoms with Crippen molar-refractivity contribution in [2.75, 3.05) is 19.7 Å². The molecule has 0 N–H and O–H groups in total. The maximum Gasteiger partial charge on any atom is 0.312 e. The first-order chi connectivity index (χ1) is 15.1. The molecule has 5 heteroatoms. The molecule has 1 aliphatic rings. The molecule has 0 atom stereocenters. The van der Waals surface area contributed by atoms with Crippen LogP contribution in [0.15, 0.2) is 66.9 Å². The fourth-order valence-corrected chi connectivity index (χ4v) is 4.60. The van der Waals surface area contributed by atoms with Crippen LogP contribution in [0.3, 0.4) is 0 Å². The summed E-state index contributed by atoms with van der Waals surface area (Å²) in [6.07, 6.45) is 4.46. The van der Waals surface area contributed by atoms with Gasteiger partial charge in [-0.1, -0.05) is 60.7 Å². The highest BCUT2D eigenvalue weighted by molar-refractivity contribution is 5.77. The topological polar surface area (TPSA) is 47.4 Å². The molecule has 1 saturated heterocycles. The molecule has 2 heterocycles. The fraction of sp³-hybridized carbons (Fsp3) is 0.385. The molecule has 1 aliphatic heterocycles. The number of esters is 1. The van der Waals surface area contributed by atoms with Crippen LogP contribution in [0.2, 0.25) is 0 Å². The van der Waals surface area contributed by atoms with Crippen molar-refractivity contribution in [3.8, 4) is 11.3 Å². The standard InChI is InChI=1S/C26H31N3O2/c1-3-31-25(30)26(18-21-10-6-4-7-11-21)14-16-29(17-15-26)20-23-19-28(2)27-24(23)22-12-8-5-9-13-22/h4-13,19H,3,14-18,20H2,1-2H3. The number of rotatable bonds is 7. The Morgan fingerprint density at radius 2 is 1.68 bits per heavy atom. The largest absolute Gasteiger partial charge is 0.466 e. The van der Waals surface area contributed by atoms with Gasteiger partial charge >= 0.3 is 5.97 Å². The third kappa shape index (κ3) is 4.88. The maximum atomic E-state index is 13.0. The van der Waals surface area contributed by atoms with Crippen LogP contribution in [0.1, 0.15) is 30.9 Å². The molecular formula is C26H31N3O2.